The van der Waals surface area contributed by atoms with Crippen molar-refractivity contribution in [2.45, 2.75) is 30.2 Å². The molecule has 1 saturated carbocycles. The van der Waals surface area contributed by atoms with Crippen LogP contribution in [0, 0.1) is 5.92 Å². The maximum Gasteiger partial charge on any atom is 0.246 e. The maximum atomic E-state index is 12.9. The van der Waals surface area contributed by atoms with Crippen LogP contribution in [0.3, 0.4) is 0 Å². The van der Waals surface area contributed by atoms with Gasteiger partial charge in [-0.2, -0.15) is 4.31 Å². The van der Waals surface area contributed by atoms with Crippen LogP contribution in [0.4, 0.5) is 0 Å². The molecule has 5 nitrogen and oxygen atoms in total. The largest absolute Gasteiger partial charge is 0.381 e. The van der Waals surface area contributed by atoms with Crippen LogP contribution in [0.15, 0.2) is 21.6 Å². The summed E-state index contributed by atoms with van der Waals surface area (Å²) in [5.41, 5.74) is 0. The molecular formula is C13H16BrClN2O3S. The zero-order valence-corrected chi connectivity index (χ0v) is 14.5. The van der Waals surface area contributed by atoms with Crippen molar-refractivity contribution in [3.8, 4) is 0 Å². The fourth-order valence-electron chi connectivity index (χ4n) is 2.50. The second-order valence-corrected chi connectivity index (χ2v) is 8.61. The number of pyridine rings is 1. The Hall–Kier alpha value is -0.210. The summed E-state index contributed by atoms with van der Waals surface area (Å²) in [7, 11) is -3.63. The van der Waals surface area contributed by atoms with Crippen LogP contribution in [-0.4, -0.2) is 43.5 Å². The summed E-state index contributed by atoms with van der Waals surface area (Å²) in [6.07, 6.45) is 4.22. The molecule has 2 fully saturated rings. The molecule has 1 aromatic rings. The lowest BCUT2D eigenvalue weighted by Crippen LogP contribution is -2.37. The number of halogens is 2. The predicted octanol–water partition coefficient (Wildman–Crippen LogP) is 2.69. The van der Waals surface area contributed by atoms with E-state index in [0.717, 1.165) is 19.3 Å². The Morgan fingerprint density at radius 2 is 2.19 bits per heavy atom. The van der Waals surface area contributed by atoms with Gasteiger partial charge in [0.2, 0.25) is 10.0 Å². The van der Waals surface area contributed by atoms with Crippen molar-refractivity contribution < 1.29 is 13.2 Å². The number of nitrogens with zero attached hydrogens (tertiary/aromatic N) is 2. The molecule has 0 N–H and O–H groups in total. The molecule has 1 atom stereocenters. The van der Waals surface area contributed by atoms with E-state index in [1.54, 1.807) is 4.31 Å². The first-order valence-electron chi connectivity index (χ1n) is 6.89. The molecule has 1 aliphatic carbocycles. The Morgan fingerprint density at radius 3 is 2.81 bits per heavy atom. The molecule has 0 bridgehead atoms. The Bertz CT molecular complexity index is 630. The molecular weight excluding hydrogens is 380 g/mol. The third-order valence-electron chi connectivity index (χ3n) is 3.78. The fraction of sp³-hybridized carbons (Fsp3) is 0.615. The molecule has 0 amide bonds. The van der Waals surface area contributed by atoms with Gasteiger partial charge in [-0.05, 0) is 47.2 Å². The van der Waals surface area contributed by atoms with Crippen molar-refractivity contribution in [3.05, 3.63) is 21.9 Å². The van der Waals surface area contributed by atoms with E-state index < -0.39 is 10.0 Å². The van der Waals surface area contributed by atoms with E-state index in [1.165, 1.54) is 12.3 Å². The van der Waals surface area contributed by atoms with E-state index in [0.29, 0.717) is 24.2 Å². The number of sulfonamides is 1. The molecule has 0 radical (unpaired) electrons. The fourth-order valence-corrected chi connectivity index (χ4v) is 5.18. The van der Waals surface area contributed by atoms with Gasteiger partial charge in [0, 0.05) is 29.9 Å². The van der Waals surface area contributed by atoms with Gasteiger partial charge >= 0.3 is 0 Å². The molecule has 8 heteroatoms. The van der Waals surface area contributed by atoms with E-state index in [9.17, 15) is 8.42 Å². The highest BCUT2D eigenvalue weighted by molar-refractivity contribution is 9.10. The van der Waals surface area contributed by atoms with Crippen LogP contribution in [0.2, 0.25) is 5.15 Å². The van der Waals surface area contributed by atoms with Gasteiger partial charge in [-0.3, -0.25) is 0 Å². The minimum atomic E-state index is -3.63. The van der Waals surface area contributed by atoms with Crippen molar-refractivity contribution in [1.82, 2.24) is 9.29 Å². The molecule has 116 valence electrons. The average Bonchev–Trinajstić information content (AvgIpc) is 3.14. The average molecular weight is 396 g/mol. The van der Waals surface area contributed by atoms with E-state index in [-0.39, 0.29) is 22.0 Å². The van der Waals surface area contributed by atoms with Crippen LogP contribution >= 0.6 is 27.5 Å². The van der Waals surface area contributed by atoms with E-state index in [2.05, 4.69) is 20.9 Å². The second-order valence-electron chi connectivity index (χ2n) is 5.48. The molecule has 0 spiro atoms. The first-order valence-corrected chi connectivity index (χ1v) is 9.50. The van der Waals surface area contributed by atoms with E-state index in [4.69, 9.17) is 16.3 Å². The Labute approximate surface area is 137 Å². The number of ether oxygens (including phenoxy) is 1. The summed E-state index contributed by atoms with van der Waals surface area (Å²) >= 11 is 9.26. The van der Waals surface area contributed by atoms with Crippen molar-refractivity contribution in [2.75, 3.05) is 19.8 Å². The second kappa shape index (κ2) is 6.12. The van der Waals surface area contributed by atoms with Crippen molar-refractivity contribution in [3.63, 3.8) is 0 Å². The zero-order chi connectivity index (χ0) is 15.0. The van der Waals surface area contributed by atoms with Gasteiger partial charge in [0.25, 0.3) is 0 Å². The van der Waals surface area contributed by atoms with Crippen molar-refractivity contribution >= 4 is 37.6 Å². The first kappa shape index (κ1) is 15.7. The molecule has 1 unspecified atom stereocenters. The molecule has 3 rings (SSSR count). The quantitative estimate of drug-likeness (QED) is 0.719. The first-order chi connectivity index (χ1) is 9.98. The topological polar surface area (TPSA) is 59.5 Å². The maximum absolute atomic E-state index is 12.9. The SMILES string of the molecule is O=S(=O)(c1cc(Br)cnc1Cl)N(CC1CCOC1)C1CC1. The number of hydrogen-bond donors (Lipinski definition) is 0. The molecule has 2 aliphatic rings. The monoisotopic (exact) mass is 394 g/mol. The van der Waals surface area contributed by atoms with Crippen LogP contribution in [0.25, 0.3) is 0 Å². The van der Waals surface area contributed by atoms with E-state index >= 15 is 0 Å². The third kappa shape index (κ3) is 3.42. The van der Waals surface area contributed by atoms with Gasteiger partial charge in [0.05, 0.1) is 6.61 Å². The summed E-state index contributed by atoms with van der Waals surface area (Å²) in [4.78, 5) is 4.00. The van der Waals surface area contributed by atoms with Crippen LogP contribution in [-0.2, 0) is 14.8 Å². The highest BCUT2D eigenvalue weighted by Crippen LogP contribution is 2.35. The molecule has 1 aliphatic heterocycles. The van der Waals surface area contributed by atoms with Gasteiger partial charge in [-0.15, -0.1) is 0 Å². The molecule has 1 saturated heterocycles. The van der Waals surface area contributed by atoms with Crippen LogP contribution < -0.4 is 0 Å². The van der Waals surface area contributed by atoms with Gasteiger partial charge in [-0.25, -0.2) is 13.4 Å². The highest BCUT2D eigenvalue weighted by atomic mass is 79.9. The Balaban J connectivity index is 1.91. The van der Waals surface area contributed by atoms with Gasteiger partial charge in [0.1, 0.15) is 10.0 Å². The molecule has 0 aromatic carbocycles. The Kier molecular flexibility index (Phi) is 4.57. The highest BCUT2D eigenvalue weighted by Gasteiger charge is 2.40. The number of hydrogen-bond acceptors (Lipinski definition) is 4. The number of aromatic nitrogens is 1. The molecule has 21 heavy (non-hydrogen) atoms. The van der Waals surface area contributed by atoms with Gasteiger partial charge in [0.15, 0.2) is 0 Å². The smallest absolute Gasteiger partial charge is 0.246 e. The van der Waals surface area contributed by atoms with Crippen molar-refractivity contribution in [2.24, 2.45) is 5.92 Å². The standard InChI is InChI=1S/C13H16BrClN2O3S/c14-10-5-12(13(15)16-6-10)21(18,19)17(11-1-2-11)7-9-3-4-20-8-9/h5-6,9,11H,1-4,7-8H2. The normalized spacial score (nSPS) is 22.9. The summed E-state index contributed by atoms with van der Waals surface area (Å²) in [6, 6.07) is 1.61. The zero-order valence-electron chi connectivity index (χ0n) is 11.3. The Morgan fingerprint density at radius 1 is 1.43 bits per heavy atom. The van der Waals surface area contributed by atoms with Gasteiger partial charge in [-0.1, -0.05) is 11.6 Å². The summed E-state index contributed by atoms with van der Waals surface area (Å²) in [5, 5.41) is 0.0199. The lowest BCUT2D eigenvalue weighted by molar-refractivity contribution is 0.180. The summed E-state index contributed by atoms with van der Waals surface area (Å²) in [5.74, 6) is 0.263. The lowest BCUT2D eigenvalue weighted by atomic mass is 10.1. The summed E-state index contributed by atoms with van der Waals surface area (Å²) < 4.78 is 33.4. The van der Waals surface area contributed by atoms with E-state index in [1.807, 2.05) is 0 Å². The molecule has 1 aromatic heterocycles. The minimum absolute atomic E-state index is 0.0199. The van der Waals surface area contributed by atoms with Gasteiger partial charge < -0.3 is 4.74 Å². The minimum Gasteiger partial charge on any atom is -0.381 e. The van der Waals surface area contributed by atoms with Crippen LogP contribution in [0.1, 0.15) is 19.3 Å². The van der Waals surface area contributed by atoms with Crippen LogP contribution in [0.5, 0.6) is 0 Å². The lowest BCUT2D eigenvalue weighted by Gasteiger charge is -2.24. The number of rotatable bonds is 5. The predicted molar refractivity (Wildman–Crippen MR) is 82.8 cm³/mol. The summed E-state index contributed by atoms with van der Waals surface area (Å²) in [6.45, 7) is 1.83. The molecule has 2 heterocycles. The van der Waals surface area contributed by atoms with Crippen molar-refractivity contribution in [1.29, 1.82) is 0 Å². The third-order valence-corrected chi connectivity index (χ3v) is 6.56.